The van der Waals surface area contributed by atoms with E-state index in [9.17, 15) is 0 Å². The van der Waals surface area contributed by atoms with E-state index in [4.69, 9.17) is 4.74 Å². The second kappa shape index (κ2) is 11.9. The molecule has 1 unspecified atom stereocenters. The van der Waals surface area contributed by atoms with Crippen molar-refractivity contribution in [3.63, 3.8) is 0 Å². The number of aromatic nitrogens is 2. The lowest BCUT2D eigenvalue weighted by molar-refractivity contribution is 0.255. The summed E-state index contributed by atoms with van der Waals surface area (Å²) in [4.78, 5) is 17.2. The third-order valence-electron chi connectivity index (χ3n) is 7.97. The lowest BCUT2D eigenvalue weighted by Gasteiger charge is -2.46. The molecule has 3 aromatic carbocycles. The van der Waals surface area contributed by atoms with Gasteiger partial charge in [-0.2, -0.15) is 0 Å². The summed E-state index contributed by atoms with van der Waals surface area (Å²) >= 11 is 0. The molecule has 10 heteroatoms. The van der Waals surface area contributed by atoms with Gasteiger partial charge in [-0.3, -0.25) is 9.98 Å². The lowest BCUT2D eigenvalue weighted by atomic mass is 10.1. The van der Waals surface area contributed by atoms with Crippen molar-refractivity contribution in [3.05, 3.63) is 89.9 Å². The van der Waals surface area contributed by atoms with Crippen molar-refractivity contribution in [1.82, 2.24) is 9.55 Å². The third kappa shape index (κ3) is 5.57. The fourth-order valence-electron chi connectivity index (χ4n) is 6.06. The number of halogens is 2. The Balaban J connectivity index is 1.21. The van der Waals surface area contributed by atoms with Crippen LogP contribution in [0.1, 0.15) is 31.3 Å². The number of rotatable bonds is 8. The first kappa shape index (κ1) is 28.4. The number of hydrogen-bond donors (Lipinski definition) is 1. The molecule has 1 saturated heterocycles. The van der Waals surface area contributed by atoms with Gasteiger partial charge in [-0.05, 0) is 63.9 Å². The smallest absolute Gasteiger partial charge is 0.167 e. The molecule has 0 spiro atoms. The Morgan fingerprint density at radius 2 is 1.98 bits per heavy atom. The minimum atomic E-state index is -0.711. The van der Waals surface area contributed by atoms with Crippen LogP contribution in [0.4, 0.5) is 25.8 Å². The molecule has 1 aromatic heterocycles. The highest BCUT2D eigenvalue weighted by Crippen LogP contribution is 2.38. The topological polar surface area (TPSA) is 70.3 Å². The fraction of sp³-hybridized carbons (Fsp3) is 0.303. The molecule has 43 heavy (non-hydrogen) atoms. The van der Waals surface area contributed by atoms with E-state index < -0.39 is 11.6 Å². The first-order chi connectivity index (χ1) is 20.8. The monoisotopic (exact) mass is 583 g/mol. The van der Waals surface area contributed by atoms with E-state index >= 15 is 8.78 Å². The van der Waals surface area contributed by atoms with Crippen molar-refractivity contribution in [2.24, 2.45) is 9.98 Å². The van der Waals surface area contributed by atoms with Gasteiger partial charge in [-0.15, -0.1) is 0 Å². The number of aryl methyl sites for hydroxylation is 1. The van der Waals surface area contributed by atoms with Crippen LogP contribution in [0.15, 0.2) is 82.7 Å². The number of fused-ring (bicyclic) bond motifs is 4. The van der Waals surface area contributed by atoms with Crippen molar-refractivity contribution in [3.8, 4) is 5.75 Å². The quantitative estimate of drug-likeness (QED) is 0.239. The van der Waals surface area contributed by atoms with E-state index in [0.29, 0.717) is 23.5 Å². The number of anilines is 3. The summed E-state index contributed by atoms with van der Waals surface area (Å²) in [5.41, 5.74) is 4.17. The van der Waals surface area contributed by atoms with Crippen LogP contribution in [0.2, 0.25) is 0 Å². The van der Waals surface area contributed by atoms with Crippen LogP contribution >= 0.6 is 0 Å². The van der Waals surface area contributed by atoms with Gasteiger partial charge in [0, 0.05) is 48.7 Å². The molecule has 8 nitrogen and oxygen atoms in total. The number of aliphatic imine (C=N–C) groups is 2. The molecule has 0 bridgehead atoms. The molecule has 0 aliphatic carbocycles. The maximum absolute atomic E-state index is 15.2. The average molecular weight is 584 g/mol. The van der Waals surface area contributed by atoms with Crippen LogP contribution < -0.4 is 19.9 Å². The number of ether oxygens (including phenoxy) is 1. The Hall–Kier alpha value is -4.73. The summed E-state index contributed by atoms with van der Waals surface area (Å²) < 4.78 is 38.4. The molecular weight excluding hydrogens is 548 g/mol. The molecule has 0 saturated carbocycles. The summed E-state index contributed by atoms with van der Waals surface area (Å²) in [6.07, 6.45) is 0.979. The Labute approximate surface area is 250 Å². The maximum Gasteiger partial charge on any atom is 0.167 e. The zero-order valence-electron chi connectivity index (χ0n) is 24.6. The van der Waals surface area contributed by atoms with Crippen molar-refractivity contribution in [2.75, 3.05) is 48.0 Å². The van der Waals surface area contributed by atoms with E-state index in [0.717, 1.165) is 43.0 Å². The van der Waals surface area contributed by atoms with Gasteiger partial charge in [-0.1, -0.05) is 18.2 Å². The van der Waals surface area contributed by atoms with Gasteiger partial charge in [0.25, 0.3) is 0 Å². The Morgan fingerprint density at radius 1 is 1.16 bits per heavy atom. The van der Waals surface area contributed by atoms with E-state index in [1.807, 2.05) is 49.6 Å². The van der Waals surface area contributed by atoms with Gasteiger partial charge in [-0.25, -0.2) is 13.8 Å². The average Bonchev–Trinajstić information content (AvgIpc) is 3.36. The molecule has 3 heterocycles. The Kier molecular flexibility index (Phi) is 7.84. The highest BCUT2D eigenvalue weighted by Gasteiger charge is 2.33. The minimum Gasteiger partial charge on any atom is -0.489 e. The molecule has 1 fully saturated rings. The van der Waals surface area contributed by atoms with E-state index in [1.54, 1.807) is 6.07 Å². The second-order valence-corrected chi connectivity index (χ2v) is 11.1. The molecule has 0 radical (unpaired) electrons. The standard InChI is InChI=1S/C33H35F2N7O/c1-21(2)42-22(3)39-33-27(34)14-23(15-30(33)42)32(28(35)17-36-4)38-20-37-24-10-11-29-31(16-24)43-19-26-18-40(12-13-41(26)29)25-8-6-5-7-9-25/h5-11,14-17,21,26,37H,4,12-13,18-20H2,1-3H3/b28-17+,38-32?. The van der Waals surface area contributed by atoms with Gasteiger partial charge < -0.3 is 24.4 Å². The number of para-hydroxylation sites is 1. The molecular formula is C33H35F2N7O. The number of allylic oxidation sites excluding steroid dienone is 1. The zero-order valence-corrected chi connectivity index (χ0v) is 24.6. The highest BCUT2D eigenvalue weighted by atomic mass is 19.1. The molecule has 2 aliphatic heterocycles. The van der Waals surface area contributed by atoms with Crippen LogP contribution in [0.3, 0.4) is 0 Å². The molecule has 0 amide bonds. The SMILES string of the molecule is C=N/C=C(/F)C(=NCNc1ccc2c(c1)OCC1CN(c3ccccc3)CCN21)c1cc(F)c2nc(C)n(C(C)C)c2c1. The summed E-state index contributed by atoms with van der Waals surface area (Å²) in [6, 6.07) is 19.7. The number of imidazole rings is 1. The number of nitrogens with zero attached hydrogens (tertiary/aromatic N) is 6. The Morgan fingerprint density at radius 3 is 2.74 bits per heavy atom. The molecule has 4 aromatic rings. The van der Waals surface area contributed by atoms with Crippen LogP contribution in [0, 0.1) is 12.7 Å². The first-order valence-corrected chi connectivity index (χ1v) is 14.5. The van der Waals surface area contributed by atoms with Crippen LogP contribution in [-0.2, 0) is 0 Å². The van der Waals surface area contributed by atoms with Gasteiger partial charge >= 0.3 is 0 Å². The fourth-order valence-corrected chi connectivity index (χ4v) is 6.06. The summed E-state index contributed by atoms with van der Waals surface area (Å²) in [5.74, 6) is 0.233. The van der Waals surface area contributed by atoms with Crippen LogP contribution in [0.25, 0.3) is 11.0 Å². The van der Waals surface area contributed by atoms with Gasteiger partial charge in [0.05, 0.1) is 23.4 Å². The number of piperazine rings is 1. The first-order valence-electron chi connectivity index (χ1n) is 14.5. The van der Waals surface area contributed by atoms with Crippen molar-refractivity contribution >= 4 is 40.5 Å². The second-order valence-electron chi connectivity index (χ2n) is 11.1. The lowest BCUT2D eigenvalue weighted by Crippen LogP contribution is -2.57. The summed E-state index contributed by atoms with van der Waals surface area (Å²) in [7, 11) is 0. The van der Waals surface area contributed by atoms with Gasteiger partial charge in [0.1, 0.15) is 36.1 Å². The summed E-state index contributed by atoms with van der Waals surface area (Å²) in [6.45, 7) is 12.5. The van der Waals surface area contributed by atoms with Crippen molar-refractivity contribution in [2.45, 2.75) is 32.9 Å². The largest absolute Gasteiger partial charge is 0.489 e. The third-order valence-corrected chi connectivity index (χ3v) is 7.97. The Bertz CT molecular complexity index is 1710. The molecule has 1 N–H and O–H groups in total. The predicted molar refractivity (Wildman–Crippen MR) is 170 cm³/mol. The van der Waals surface area contributed by atoms with Crippen LogP contribution in [-0.4, -0.2) is 60.9 Å². The zero-order chi connectivity index (χ0) is 30.1. The van der Waals surface area contributed by atoms with Crippen molar-refractivity contribution < 1.29 is 13.5 Å². The number of benzene rings is 3. The highest BCUT2D eigenvalue weighted by molar-refractivity contribution is 6.12. The normalized spacial score (nSPS) is 17.1. The molecule has 6 rings (SSSR count). The van der Waals surface area contributed by atoms with E-state index in [2.05, 4.69) is 61.1 Å². The van der Waals surface area contributed by atoms with E-state index in [1.165, 1.54) is 11.8 Å². The number of hydrogen-bond acceptors (Lipinski definition) is 7. The van der Waals surface area contributed by atoms with Crippen molar-refractivity contribution in [1.29, 1.82) is 0 Å². The van der Waals surface area contributed by atoms with E-state index in [-0.39, 0.29) is 30.0 Å². The molecule has 2 aliphatic rings. The number of nitrogens with one attached hydrogen (secondary N) is 1. The molecule has 1 atom stereocenters. The van der Waals surface area contributed by atoms with Crippen LogP contribution in [0.5, 0.6) is 5.75 Å². The minimum absolute atomic E-state index is 0.0248. The maximum atomic E-state index is 15.2. The van der Waals surface area contributed by atoms with Gasteiger partial charge in [0.2, 0.25) is 0 Å². The molecule has 222 valence electrons. The predicted octanol–water partition coefficient (Wildman–Crippen LogP) is 6.52. The van der Waals surface area contributed by atoms with Gasteiger partial charge in [0.15, 0.2) is 11.6 Å². The summed E-state index contributed by atoms with van der Waals surface area (Å²) in [5, 5.41) is 3.23.